The molecule has 1 aromatic carbocycles. The summed E-state index contributed by atoms with van der Waals surface area (Å²) in [5.41, 5.74) is 3.85. The predicted molar refractivity (Wildman–Crippen MR) is 90.3 cm³/mol. The van der Waals surface area contributed by atoms with E-state index in [0.717, 1.165) is 26.2 Å². The number of rotatable bonds is 5. The summed E-state index contributed by atoms with van der Waals surface area (Å²) in [6.45, 7) is 10.1. The van der Waals surface area contributed by atoms with Crippen molar-refractivity contribution >= 4 is 23.9 Å². The van der Waals surface area contributed by atoms with Gasteiger partial charge in [0.2, 0.25) is 0 Å². The Kier molecular flexibility index (Phi) is 6.59. The second-order valence-electron chi connectivity index (χ2n) is 4.91. The van der Waals surface area contributed by atoms with Gasteiger partial charge >= 0.3 is 0 Å². The number of allylic oxidation sites excluding steroid dienone is 1. The van der Waals surface area contributed by atoms with Gasteiger partial charge in [-0.1, -0.05) is 24.3 Å². The maximum atomic E-state index is 4.58. The van der Waals surface area contributed by atoms with E-state index in [1.165, 1.54) is 22.6 Å². The molecular weight excluding hydrogens is 270 g/mol. The zero-order valence-electron chi connectivity index (χ0n) is 12.5. The number of nitrogens with zero attached hydrogens (tertiary/aromatic N) is 2. The molecule has 1 N–H and O–H groups in total. The van der Waals surface area contributed by atoms with E-state index in [-0.39, 0.29) is 12.4 Å². The quantitative estimate of drug-likeness (QED) is 0.842. The molecule has 20 heavy (non-hydrogen) atoms. The van der Waals surface area contributed by atoms with Crippen LogP contribution in [-0.4, -0.2) is 36.9 Å². The second kappa shape index (κ2) is 7.95. The summed E-state index contributed by atoms with van der Waals surface area (Å²) < 4.78 is 0. The number of halogens is 1. The van der Waals surface area contributed by atoms with Gasteiger partial charge < -0.3 is 10.2 Å². The van der Waals surface area contributed by atoms with Crippen LogP contribution in [-0.2, 0) is 0 Å². The molecular formula is C16H24ClN3. The van der Waals surface area contributed by atoms with Crippen molar-refractivity contribution in [3.8, 4) is 0 Å². The first-order valence-electron chi connectivity index (χ1n) is 6.92. The molecule has 0 atom stereocenters. The molecule has 0 aromatic heterocycles. The van der Waals surface area contributed by atoms with Gasteiger partial charge in [-0.05, 0) is 38.0 Å². The van der Waals surface area contributed by atoms with Crippen LogP contribution in [0.15, 0.2) is 35.3 Å². The topological polar surface area (TPSA) is 27.6 Å². The SMILES string of the molecule is CC=CCN1CCN=C1CNc1cccc(C)c1C.Cl. The Morgan fingerprint density at radius 2 is 2.15 bits per heavy atom. The van der Waals surface area contributed by atoms with Crippen molar-refractivity contribution in [3.05, 3.63) is 41.5 Å². The Morgan fingerprint density at radius 3 is 2.90 bits per heavy atom. The van der Waals surface area contributed by atoms with Crippen LogP contribution in [0.3, 0.4) is 0 Å². The molecule has 0 radical (unpaired) electrons. The first-order chi connectivity index (χ1) is 9.22. The highest BCUT2D eigenvalue weighted by molar-refractivity contribution is 5.88. The molecule has 0 fully saturated rings. The summed E-state index contributed by atoms with van der Waals surface area (Å²) in [6, 6.07) is 6.37. The molecule has 4 heteroatoms. The second-order valence-corrected chi connectivity index (χ2v) is 4.91. The Morgan fingerprint density at radius 1 is 1.35 bits per heavy atom. The van der Waals surface area contributed by atoms with Crippen molar-refractivity contribution in [2.24, 2.45) is 4.99 Å². The van der Waals surface area contributed by atoms with Gasteiger partial charge in [-0.2, -0.15) is 0 Å². The van der Waals surface area contributed by atoms with Crippen LogP contribution < -0.4 is 5.32 Å². The predicted octanol–water partition coefficient (Wildman–Crippen LogP) is 3.43. The normalized spacial score (nSPS) is 14.3. The first kappa shape index (κ1) is 16.6. The lowest BCUT2D eigenvalue weighted by molar-refractivity contribution is 0.502. The van der Waals surface area contributed by atoms with Crippen LogP contribution in [0, 0.1) is 13.8 Å². The number of hydrogen-bond acceptors (Lipinski definition) is 3. The summed E-state index contributed by atoms with van der Waals surface area (Å²) in [6.07, 6.45) is 4.27. The first-order valence-corrected chi connectivity index (χ1v) is 6.92. The fourth-order valence-electron chi connectivity index (χ4n) is 2.24. The minimum atomic E-state index is 0. The van der Waals surface area contributed by atoms with Crippen molar-refractivity contribution < 1.29 is 0 Å². The molecule has 1 aliphatic rings. The van der Waals surface area contributed by atoms with Crippen molar-refractivity contribution in [3.63, 3.8) is 0 Å². The van der Waals surface area contributed by atoms with Crippen LogP contribution in [0.5, 0.6) is 0 Å². The highest BCUT2D eigenvalue weighted by Gasteiger charge is 2.15. The summed E-state index contributed by atoms with van der Waals surface area (Å²) in [7, 11) is 0. The highest BCUT2D eigenvalue weighted by Crippen LogP contribution is 2.18. The molecule has 1 aliphatic heterocycles. The molecule has 0 unspecified atom stereocenters. The van der Waals surface area contributed by atoms with E-state index in [1.54, 1.807) is 0 Å². The van der Waals surface area contributed by atoms with Crippen molar-refractivity contribution in [1.82, 2.24) is 4.90 Å². The number of anilines is 1. The fraction of sp³-hybridized carbons (Fsp3) is 0.438. The van der Waals surface area contributed by atoms with E-state index in [2.05, 4.69) is 66.3 Å². The minimum Gasteiger partial charge on any atom is -0.378 e. The molecule has 0 bridgehead atoms. The average Bonchev–Trinajstić information content (AvgIpc) is 2.85. The molecule has 0 aliphatic carbocycles. The Bertz CT molecular complexity index is 494. The van der Waals surface area contributed by atoms with Crippen molar-refractivity contribution in [2.75, 3.05) is 31.5 Å². The van der Waals surface area contributed by atoms with E-state index in [1.807, 2.05) is 0 Å². The number of amidine groups is 1. The van der Waals surface area contributed by atoms with Crippen molar-refractivity contribution in [2.45, 2.75) is 20.8 Å². The van der Waals surface area contributed by atoms with Gasteiger partial charge in [0, 0.05) is 18.8 Å². The van der Waals surface area contributed by atoms with Gasteiger partial charge in [0.15, 0.2) is 0 Å². The van der Waals surface area contributed by atoms with E-state index >= 15 is 0 Å². The van der Waals surface area contributed by atoms with Crippen LogP contribution in [0.2, 0.25) is 0 Å². The van der Waals surface area contributed by atoms with Gasteiger partial charge in [-0.25, -0.2) is 0 Å². The van der Waals surface area contributed by atoms with Crippen LogP contribution in [0.25, 0.3) is 0 Å². The van der Waals surface area contributed by atoms with Gasteiger partial charge in [-0.3, -0.25) is 4.99 Å². The lowest BCUT2D eigenvalue weighted by Crippen LogP contribution is -2.32. The molecule has 2 rings (SSSR count). The summed E-state index contributed by atoms with van der Waals surface area (Å²) in [5.74, 6) is 1.17. The largest absolute Gasteiger partial charge is 0.378 e. The van der Waals surface area contributed by atoms with E-state index in [9.17, 15) is 0 Å². The zero-order valence-corrected chi connectivity index (χ0v) is 13.3. The average molecular weight is 294 g/mol. The van der Waals surface area contributed by atoms with Crippen LogP contribution >= 0.6 is 12.4 Å². The van der Waals surface area contributed by atoms with Gasteiger partial charge in [0.1, 0.15) is 5.84 Å². The molecule has 0 amide bonds. The third kappa shape index (κ3) is 4.01. The number of aryl methyl sites for hydroxylation is 1. The van der Waals surface area contributed by atoms with Gasteiger partial charge in [-0.15, -0.1) is 12.4 Å². The van der Waals surface area contributed by atoms with Crippen molar-refractivity contribution in [1.29, 1.82) is 0 Å². The monoisotopic (exact) mass is 293 g/mol. The standard InChI is InChI=1S/C16H23N3.ClH/c1-4-5-10-19-11-9-17-16(19)12-18-15-8-6-7-13(2)14(15)3;/h4-8,18H,9-12H2,1-3H3;1H. The van der Waals surface area contributed by atoms with E-state index in [4.69, 9.17) is 0 Å². The summed E-state index contributed by atoms with van der Waals surface area (Å²) in [4.78, 5) is 6.91. The minimum absolute atomic E-state index is 0. The highest BCUT2D eigenvalue weighted by atomic mass is 35.5. The third-order valence-electron chi connectivity index (χ3n) is 3.63. The maximum absolute atomic E-state index is 4.58. The van der Waals surface area contributed by atoms with Crippen LogP contribution in [0.1, 0.15) is 18.1 Å². The Labute approximate surface area is 128 Å². The zero-order chi connectivity index (χ0) is 13.7. The molecule has 0 saturated carbocycles. The van der Waals surface area contributed by atoms with E-state index in [0.29, 0.717) is 0 Å². The smallest absolute Gasteiger partial charge is 0.119 e. The fourth-order valence-corrected chi connectivity index (χ4v) is 2.24. The lowest BCUT2D eigenvalue weighted by atomic mass is 10.1. The maximum Gasteiger partial charge on any atom is 0.119 e. The van der Waals surface area contributed by atoms with Gasteiger partial charge in [0.25, 0.3) is 0 Å². The number of benzene rings is 1. The summed E-state index contributed by atoms with van der Waals surface area (Å²) in [5, 5.41) is 3.51. The molecule has 3 nitrogen and oxygen atoms in total. The summed E-state index contributed by atoms with van der Waals surface area (Å²) >= 11 is 0. The molecule has 1 heterocycles. The number of aliphatic imine (C=N–C) groups is 1. The Balaban J connectivity index is 0.00000200. The van der Waals surface area contributed by atoms with Crippen LogP contribution in [0.4, 0.5) is 5.69 Å². The third-order valence-corrected chi connectivity index (χ3v) is 3.63. The molecule has 110 valence electrons. The number of nitrogens with one attached hydrogen (secondary N) is 1. The van der Waals surface area contributed by atoms with Gasteiger partial charge in [0.05, 0.1) is 13.1 Å². The lowest BCUT2D eigenvalue weighted by Gasteiger charge is -2.20. The molecule has 1 aromatic rings. The molecule has 0 saturated heterocycles. The Hall–Kier alpha value is -1.48. The molecule has 0 spiro atoms. The number of hydrogen-bond donors (Lipinski definition) is 1. The van der Waals surface area contributed by atoms with E-state index < -0.39 is 0 Å².